The second-order valence-corrected chi connectivity index (χ2v) is 3.78. The van der Waals surface area contributed by atoms with E-state index >= 15 is 0 Å². The first-order valence-electron chi connectivity index (χ1n) is 5.47. The van der Waals surface area contributed by atoms with E-state index < -0.39 is 0 Å². The fourth-order valence-electron chi connectivity index (χ4n) is 1.85. The third kappa shape index (κ3) is 2.30. The zero-order chi connectivity index (χ0) is 11.4. The molecule has 5 nitrogen and oxygen atoms in total. The molecule has 1 amide bonds. The number of nitrogens with zero attached hydrogens (tertiary/aromatic N) is 2. The van der Waals surface area contributed by atoms with Crippen LogP contribution < -0.4 is 16.0 Å². The van der Waals surface area contributed by atoms with Gasteiger partial charge in [-0.25, -0.2) is 4.98 Å². The van der Waals surface area contributed by atoms with Gasteiger partial charge >= 0.3 is 0 Å². The number of amides is 1. The average molecular weight is 220 g/mol. The van der Waals surface area contributed by atoms with Crippen molar-refractivity contribution in [3.05, 3.63) is 23.9 Å². The Kier molecular flexibility index (Phi) is 3.36. The van der Waals surface area contributed by atoms with E-state index in [4.69, 9.17) is 5.73 Å². The highest BCUT2D eigenvalue weighted by molar-refractivity contribution is 5.77. The van der Waals surface area contributed by atoms with Crippen LogP contribution in [0.15, 0.2) is 18.3 Å². The van der Waals surface area contributed by atoms with Gasteiger partial charge in [0.25, 0.3) is 0 Å². The van der Waals surface area contributed by atoms with Gasteiger partial charge < -0.3 is 16.0 Å². The van der Waals surface area contributed by atoms with Crippen molar-refractivity contribution in [2.45, 2.75) is 13.0 Å². The zero-order valence-corrected chi connectivity index (χ0v) is 9.15. The molecule has 0 spiro atoms. The SMILES string of the molecule is NCc1cccnc1N1CCNC(=O)CC1. The summed E-state index contributed by atoms with van der Waals surface area (Å²) in [5.74, 6) is 1.01. The van der Waals surface area contributed by atoms with Crippen LogP contribution in [0.3, 0.4) is 0 Å². The molecule has 0 aliphatic carbocycles. The summed E-state index contributed by atoms with van der Waals surface area (Å²) in [5, 5.41) is 2.84. The van der Waals surface area contributed by atoms with Gasteiger partial charge in [-0.2, -0.15) is 0 Å². The van der Waals surface area contributed by atoms with Gasteiger partial charge in [0.2, 0.25) is 5.91 Å². The number of aromatic nitrogens is 1. The number of nitrogens with two attached hydrogens (primary N) is 1. The van der Waals surface area contributed by atoms with Gasteiger partial charge in [0.15, 0.2) is 0 Å². The first kappa shape index (κ1) is 10.9. The van der Waals surface area contributed by atoms with Crippen molar-refractivity contribution < 1.29 is 4.79 Å². The van der Waals surface area contributed by atoms with Crippen LogP contribution in [0.4, 0.5) is 5.82 Å². The Morgan fingerprint density at radius 1 is 1.50 bits per heavy atom. The number of pyridine rings is 1. The van der Waals surface area contributed by atoms with Crippen molar-refractivity contribution in [3.8, 4) is 0 Å². The molecule has 5 heteroatoms. The molecule has 86 valence electrons. The Balaban J connectivity index is 2.19. The number of anilines is 1. The molecule has 1 fully saturated rings. The van der Waals surface area contributed by atoms with Gasteiger partial charge in [-0.1, -0.05) is 6.07 Å². The summed E-state index contributed by atoms with van der Waals surface area (Å²) in [6.45, 7) is 2.63. The van der Waals surface area contributed by atoms with Crippen LogP contribution in [0.25, 0.3) is 0 Å². The lowest BCUT2D eigenvalue weighted by molar-refractivity contribution is -0.120. The van der Waals surface area contributed by atoms with Gasteiger partial charge in [0.05, 0.1) is 0 Å². The van der Waals surface area contributed by atoms with Crippen LogP contribution in [0.1, 0.15) is 12.0 Å². The van der Waals surface area contributed by atoms with Gasteiger partial charge in [-0.3, -0.25) is 4.79 Å². The average Bonchev–Trinajstić information content (AvgIpc) is 2.54. The van der Waals surface area contributed by atoms with Crippen LogP contribution in [0.5, 0.6) is 0 Å². The molecule has 0 radical (unpaired) electrons. The molecule has 1 saturated heterocycles. The second-order valence-electron chi connectivity index (χ2n) is 3.78. The molecule has 0 saturated carbocycles. The molecule has 16 heavy (non-hydrogen) atoms. The minimum Gasteiger partial charge on any atom is -0.354 e. The van der Waals surface area contributed by atoms with Crippen LogP contribution in [-0.2, 0) is 11.3 Å². The van der Waals surface area contributed by atoms with E-state index in [0.717, 1.165) is 17.9 Å². The summed E-state index contributed by atoms with van der Waals surface area (Å²) < 4.78 is 0. The fourth-order valence-corrected chi connectivity index (χ4v) is 1.85. The Bertz CT molecular complexity index is 380. The molecular weight excluding hydrogens is 204 g/mol. The van der Waals surface area contributed by atoms with Gasteiger partial charge in [-0.05, 0) is 6.07 Å². The lowest BCUT2D eigenvalue weighted by Gasteiger charge is -2.22. The Morgan fingerprint density at radius 3 is 3.19 bits per heavy atom. The molecule has 2 heterocycles. The summed E-state index contributed by atoms with van der Waals surface area (Å²) in [6.07, 6.45) is 2.27. The predicted octanol–water partition coefficient (Wildman–Crippen LogP) is -0.133. The van der Waals surface area contributed by atoms with Crippen LogP contribution in [0, 0.1) is 0 Å². The van der Waals surface area contributed by atoms with Crippen molar-refractivity contribution in [1.82, 2.24) is 10.3 Å². The summed E-state index contributed by atoms with van der Waals surface area (Å²) in [7, 11) is 0. The molecular formula is C11H16N4O. The largest absolute Gasteiger partial charge is 0.354 e. The maximum Gasteiger partial charge on any atom is 0.221 e. The number of nitrogens with one attached hydrogen (secondary N) is 1. The molecule has 3 N–H and O–H groups in total. The third-order valence-electron chi connectivity index (χ3n) is 2.70. The molecule has 0 unspecified atom stereocenters. The van der Waals surface area contributed by atoms with E-state index in [-0.39, 0.29) is 5.91 Å². The first-order chi connectivity index (χ1) is 7.81. The standard InChI is InChI=1S/C11H16N4O/c12-8-9-2-1-4-14-11(9)15-6-3-10(16)13-5-7-15/h1-2,4H,3,5-8,12H2,(H,13,16). The maximum absolute atomic E-state index is 11.2. The second kappa shape index (κ2) is 4.94. The van der Waals surface area contributed by atoms with Crippen molar-refractivity contribution in [2.24, 2.45) is 5.73 Å². The molecule has 1 aliphatic heterocycles. The number of carbonyl (C=O) groups excluding carboxylic acids is 1. The fraction of sp³-hybridized carbons (Fsp3) is 0.455. The highest BCUT2D eigenvalue weighted by Crippen LogP contribution is 2.17. The summed E-state index contributed by atoms with van der Waals surface area (Å²) >= 11 is 0. The van der Waals surface area contributed by atoms with E-state index in [1.54, 1.807) is 6.20 Å². The van der Waals surface area contributed by atoms with Gasteiger partial charge in [0, 0.05) is 44.4 Å². The normalized spacial score (nSPS) is 16.8. The van der Waals surface area contributed by atoms with E-state index in [1.807, 2.05) is 12.1 Å². The molecule has 0 aromatic carbocycles. The molecule has 2 rings (SSSR count). The van der Waals surface area contributed by atoms with Crippen LogP contribution >= 0.6 is 0 Å². The van der Waals surface area contributed by atoms with Crippen molar-refractivity contribution in [3.63, 3.8) is 0 Å². The minimum absolute atomic E-state index is 0.104. The molecule has 0 bridgehead atoms. The van der Waals surface area contributed by atoms with Crippen molar-refractivity contribution in [2.75, 3.05) is 24.5 Å². The monoisotopic (exact) mass is 220 g/mol. The van der Waals surface area contributed by atoms with Crippen LogP contribution in [0.2, 0.25) is 0 Å². The van der Waals surface area contributed by atoms with Gasteiger partial charge in [-0.15, -0.1) is 0 Å². The Hall–Kier alpha value is -1.62. The molecule has 0 atom stereocenters. The first-order valence-corrected chi connectivity index (χ1v) is 5.47. The van der Waals surface area contributed by atoms with E-state index in [2.05, 4.69) is 15.2 Å². The predicted molar refractivity (Wildman–Crippen MR) is 62.0 cm³/mol. The smallest absolute Gasteiger partial charge is 0.221 e. The third-order valence-corrected chi connectivity index (χ3v) is 2.70. The van der Waals surface area contributed by atoms with Crippen LogP contribution in [-0.4, -0.2) is 30.5 Å². The number of hydrogen-bond donors (Lipinski definition) is 2. The summed E-state index contributed by atoms with van der Waals surface area (Å²) in [6, 6.07) is 3.86. The lowest BCUT2D eigenvalue weighted by Crippen LogP contribution is -2.30. The number of rotatable bonds is 2. The quantitative estimate of drug-likeness (QED) is 0.728. The van der Waals surface area contributed by atoms with Crippen molar-refractivity contribution in [1.29, 1.82) is 0 Å². The van der Waals surface area contributed by atoms with Gasteiger partial charge in [0.1, 0.15) is 5.82 Å². The van der Waals surface area contributed by atoms with Crippen molar-refractivity contribution >= 4 is 11.7 Å². The summed E-state index contributed by atoms with van der Waals surface area (Å²) in [5.41, 5.74) is 6.70. The van der Waals surface area contributed by atoms with E-state index in [9.17, 15) is 4.79 Å². The number of hydrogen-bond acceptors (Lipinski definition) is 4. The van der Waals surface area contributed by atoms with E-state index in [0.29, 0.717) is 26.1 Å². The Morgan fingerprint density at radius 2 is 2.38 bits per heavy atom. The number of carbonyl (C=O) groups is 1. The topological polar surface area (TPSA) is 71.2 Å². The maximum atomic E-state index is 11.2. The summed E-state index contributed by atoms with van der Waals surface area (Å²) in [4.78, 5) is 17.7. The lowest BCUT2D eigenvalue weighted by atomic mass is 10.2. The highest BCUT2D eigenvalue weighted by Gasteiger charge is 2.16. The zero-order valence-electron chi connectivity index (χ0n) is 9.15. The Labute approximate surface area is 94.6 Å². The molecule has 1 aromatic heterocycles. The minimum atomic E-state index is 0.104. The molecule has 1 aromatic rings. The van der Waals surface area contributed by atoms with E-state index in [1.165, 1.54) is 0 Å². The highest BCUT2D eigenvalue weighted by atomic mass is 16.1. The molecule has 1 aliphatic rings.